The first-order valence-electron chi connectivity index (χ1n) is 9.80. The minimum Gasteiger partial charge on any atom is -0.424 e. The van der Waals surface area contributed by atoms with Gasteiger partial charge in [-0.15, -0.1) is 0 Å². The van der Waals surface area contributed by atoms with Crippen molar-refractivity contribution in [3.8, 4) is 0 Å². The van der Waals surface area contributed by atoms with E-state index in [-0.39, 0.29) is 29.9 Å². The number of aliphatic hydroxyl groups is 1. The molecule has 0 aliphatic rings. The highest BCUT2D eigenvalue weighted by molar-refractivity contribution is 7.89. The van der Waals surface area contributed by atoms with Crippen LogP contribution in [0.2, 0.25) is 0 Å². The summed E-state index contributed by atoms with van der Waals surface area (Å²) in [5, 5.41) is 10.7. The molecule has 0 bridgehead atoms. The summed E-state index contributed by atoms with van der Waals surface area (Å²) in [5.74, 6) is 0.0574. The Bertz CT molecular complexity index is 1080. The molecule has 0 radical (unpaired) electrons. The van der Waals surface area contributed by atoms with Crippen molar-refractivity contribution < 1.29 is 17.9 Å². The number of hydrogen-bond donors (Lipinski definition) is 3. The SMILES string of the molecule is CC(C)CN(C[C@@H](O)[C@@H](N)Cc1ccccc1)S(=O)(=O)c1ccc2nc(N)oc2c1. The van der Waals surface area contributed by atoms with Gasteiger partial charge in [-0.25, -0.2) is 8.42 Å². The van der Waals surface area contributed by atoms with E-state index in [4.69, 9.17) is 15.9 Å². The summed E-state index contributed by atoms with van der Waals surface area (Å²) in [4.78, 5) is 4.04. The smallest absolute Gasteiger partial charge is 0.292 e. The third kappa shape index (κ3) is 5.17. The number of anilines is 1. The molecule has 30 heavy (non-hydrogen) atoms. The molecule has 0 spiro atoms. The van der Waals surface area contributed by atoms with Gasteiger partial charge in [-0.05, 0) is 30.0 Å². The Hall–Kier alpha value is -2.46. The van der Waals surface area contributed by atoms with Crippen molar-refractivity contribution in [1.82, 2.24) is 9.29 Å². The fourth-order valence-electron chi connectivity index (χ4n) is 3.28. The quantitative estimate of drug-likeness (QED) is 0.470. The number of fused-ring (bicyclic) bond motifs is 1. The highest BCUT2D eigenvalue weighted by Gasteiger charge is 2.30. The number of nitrogens with two attached hydrogens (primary N) is 2. The molecule has 0 fully saturated rings. The van der Waals surface area contributed by atoms with Crippen LogP contribution in [-0.4, -0.2) is 48.0 Å². The van der Waals surface area contributed by atoms with E-state index in [1.807, 2.05) is 44.2 Å². The first kappa shape index (κ1) is 22.2. The lowest BCUT2D eigenvalue weighted by atomic mass is 10.0. The van der Waals surface area contributed by atoms with Gasteiger partial charge in [0.2, 0.25) is 10.0 Å². The highest BCUT2D eigenvalue weighted by Crippen LogP contribution is 2.24. The van der Waals surface area contributed by atoms with Gasteiger partial charge in [0.15, 0.2) is 5.58 Å². The molecule has 3 aromatic rings. The number of benzene rings is 2. The van der Waals surface area contributed by atoms with Crippen LogP contribution in [0.25, 0.3) is 11.1 Å². The zero-order valence-electron chi connectivity index (χ0n) is 17.1. The maximum absolute atomic E-state index is 13.3. The molecule has 9 heteroatoms. The second-order valence-electron chi connectivity index (χ2n) is 7.82. The Labute approximate surface area is 176 Å². The number of aliphatic hydroxyl groups excluding tert-OH is 1. The van der Waals surface area contributed by atoms with Gasteiger partial charge in [-0.1, -0.05) is 44.2 Å². The molecule has 2 atom stereocenters. The molecule has 0 amide bonds. The maximum Gasteiger partial charge on any atom is 0.292 e. The Morgan fingerprint density at radius 3 is 2.50 bits per heavy atom. The van der Waals surface area contributed by atoms with Crippen LogP contribution in [0.3, 0.4) is 0 Å². The highest BCUT2D eigenvalue weighted by atomic mass is 32.2. The maximum atomic E-state index is 13.3. The van der Waals surface area contributed by atoms with Crippen molar-refractivity contribution in [3.05, 3.63) is 54.1 Å². The molecule has 2 aromatic carbocycles. The van der Waals surface area contributed by atoms with Crippen LogP contribution in [0.15, 0.2) is 57.8 Å². The fraction of sp³-hybridized carbons (Fsp3) is 0.381. The van der Waals surface area contributed by atoms with Crippen LogP contribution < -0.4 is 11.5 Å². The Kier molecular flexibility index (Phi) is 6.77. The van der Waals surface area contributed by atoms with E-state index in [1.165, 1.54) is 16.4 Å². The zero-order valence-corrected chi connectivity index (χ0v) is 17.9. The number of sulfonamides is 1. The van der Waals surface area contributed by atoms with Gasteiger partial charge >= 0.3 is 0 Å². The summed E-state index contributed by atoms with van der Waals surface area (Å²) in [6.07, 6.45) is -0.579. The monoisotopic (exact) mass is 432 g/mol. The number of nitrogen functional groups attached to an aromatic ring is 1. The average molecular weight is 433 g/mol. The lowest BCUT2D eigenvalue weighted by molar-refractivity contribution is 0.116. The van der Waals surface area contributed by atoms with Crippen molar-refractivity contribution in [2.75, 3.05) is 18.8 Å². The topological polar surface area (TPSA) is 136 Å². The molecule has 8 nitrogen and oxygen atoms in total. The molecule has 3 rings (SSSR count). The van der Waals surface area contributed by atoms with E-state index >= 15 is 0 Å². The lowest BCUT2D eigenvalue weighted by Crippen LogP contribution is -2.47. The molecule has 162 valence electrons. The second-order valence-corrected chi connectivity index (χ2v) is 9.76. The van der Waals surface area contributed by atoms with Crippen molar-refractivity contribution in [2.45, 2.75) is 37.3 Å². The van der Waals surface area contributed by atoms with Gasteiger partial charge in [0.25, 0.3) is 6.01 Å². The minimum absolute atomic E-state index is 0.0270. The van der Waals surface area contributed by atoms with Crippen molar-refractivity contribution in [3.63, 3.8) is 0 Å². The number of oxazole rings is 1. The van der Waals surface area contributed by atoms with Crippen LogP contribution in [-0.2, 0) is 16.4 Å². The van der Waals surface area contributed by atoms with E-state index in [1.54, 1.807) is 6.07 Å². The van der Waals surface area contributed by atoms with Crippen molar-refractivity contribution in [2.24, 2.45) is 11.7 Å². The van der Waals surface area contributed by atoms with Crippen LogP contribution >= 0.6 is 0 Å². The summed E-state index contributed by atoms with van der Waals surface area (Å²) >= 11 is 0. The molecular formula is C21H28N4O4S. The van der Waals surface area contributed by atoms with E-state index in [0.29, 0.717) is 17.5 Å². The van der Waals surface area contributed by atoms with E-state index in [0.717, 1.165) is 5.56 Å². The summed E-state index contributed by atoms with van der Waals surface area (Å²) in [6, 6.07) is 13.3. The molecule has 0 aliphatic carbocycles. The van der Waals surface area contributed by atoms with Gasteiger partial charge in [0.1, 0.15) is 5.52 Å². The van der Waals surface area contributed by atoms with Gasteiger partial charge < -0.3 is 21.0 Å². The second kappa shape index (κ2) is 9.13. The molecule has 1 heterocycles. The van der Waals surface area contributed by atoms with Crippen LogP contribution in [0.1, 0.15) is 19.4 Å². The fourth-order valence-corrected chi connectivity index (χ4v) is 4.91. The number of aromatic nitrogens is 1. The van der Waals surface area contributed by atoms with E-state index in [9.17, 15) is 13.5 Å². The first-order valence-corrected chi connectivity index (χ1v) is 11.2. The number of hydrogen-bond acceptors (Lipinski definition) is 7. The van der Waals surface area contributed by atoms with Gasteiger partial charge in [0, 0.05) is 25.2 Å². The minimum atomic E-state index is -3.89. The Balaban J connectivity index is 1.82. The van der Waals surface area contributed by atoms with Crippen LogP contribution in [0.5, 0.6) is 0 Å². The van der Waals surface area contributed by atoms with Gasteiger partial charge in [0.05, 0.1) is 11.0 Å². The van der Waals surface area contributed by atoms with E-state index < -0.39 is 22.2 Å². The third-order valence-electron chi connectivity index (χ3n) is 4.78. The largest absolute Gasteiger partial charge is 0.424 e. The average Bonchev–Trinajstić information content (AvgIpc) is 3.07. The normalized spacial score (nSPS) is 14.5. The summed E-state index contributed by atoms with van der Waals surface area (Å²) in [5.41, 5.74) is 13.5. The van der Waals surface area contributed by atoms with Gasteiger partial charge in [-0.3, -0.25) is 0 Å². The van der Waals surface area contributed by atoms with E-state index in [2.05, 4.69) is 4.98 Å². The van der Waals surface area contributed by atoms with Crippen molar-refractivity contribution in [1.29, 1.82) is 0 Å². The predicted octanol–water partition coefficient (Wildman–Crippen LogP) is 1.99. The predicted molar refractivity (Wildman–Crippen MR) is 116 cm³/mol. The Morgan fingerprint density at radius 1 is 1.13 bits per heavy atom. The molecule has 0 saturated carbocycles. The number of rotatable bonds is 9. The van der Waals surface area contributed by atoms with Gasteiger partial charge in [-0.2, -0.15) is 9.29 Å². The summed E-state index contributed by atoms with van der Waals surface area (Å²) in [7, 11) is -3.89. The van der Waals surface area contributed by atoms with Crippen LogP contribution in [0, 0.1) is 5.92 Å². The summed E-state index contributed by atoms with van der Waals surface area (Å²) in [6.45, 7) is 3.97. The standard InChI is InChI=1S/C21H28N4O4S/c1-14(2)12-25(13-19(26)17(22)10-15-6-4-3-5-7-15)30(27,28)16-8-9-18-20(11-16)29-21(23)24-18/h3-9,11,14,17,19,26H,10,12-13,22H2,1-2H3,(H2,23,24)/t17-,19+/m0/s1. The van der Waals surface area contributed by atoms with Crippen LogP contribution in [0.4, 0.5) is 6.01 Å². The Morgan fingerprint density at radius 2 is 1.83 bits per heavy atom. The number of nitrogens with zero attached hydrogens (tertiary/aromatic N) is 2. The molecule has 0 unspecified atom stereocenters. The first-order chi connectivity index (χ1) is 14.2. The molecule has 0 aliphatic heterocycles. The van der Waals surface area contributed by atoms with Crippen molar-refractivity contribution >= 4 is 27.1 Å². The molecular weight excluding hydrogens is 404 g/mol. The molecule has 5 N–H and O–H groups in total. The third-order valence-corrected chi connectivity index (χ3v) is 6.61. The lowest BCUT2D eigenvalue weighted by Gasteiger charge is -2.28. The summed E-state index contributed by atoms with van der Waals surface area (Å²) < 4.78 is 33.2. The molecule has 0 saturated heterocycles. The zero-order chi connectivity index (χ0) is 21.9. The molecule has 1 aromatic heterocycles.